The highest BCUT2D eigenvalue weighted by molar-refractivity contribution is 5.72. The number of esters is 1. The molecule has 18 heavy (non-hydrogen) atoms. The average Bonchev–Trinajstić information content (AvgIpc) is 2.74. The highest BCUT2D eigenvalue weighted by Crippen LogP contribution is 2.25. The Morgan fingerprint density at radius 1 is 1.67 bits per heavy atom. The van der Waals surface area contributed by atoms with Gasteiger partial charge in [-0.25, -0.2) is 4.98 Å². The number of ether oxygens (including phenoxy) is 1. The summed E-state index contributed by atoms with van der Waals surface area (Å²) >= 11 is 0. The fourth-order valence-corrected chi connectivity index (χ4v) is 2.54. The monoisotopic (exact) mass is 252 g/mol. The zero-order valence-electron chi connectivity index (χ0n) is 11.2. The molecule has 1 aromatic rings. The summed E-state index contributed by atoms with van der Waals surface area (Å²) in [6.07, 6.45) is 2.58. The number of hydrogen-bond acceptors (Lipinski definition) is 5. The van der Waals surface area contributed by atoms with Crippen molar-refractivity contribution in [3.8, 4) is 0 Å². The fourth-order valence-electron chi connectivity index (χ4n) is 2.54. The SMILES string of the molecule is COC(=O)[C@@H]1CCN(Cc2ncc(C)o2)C[C@@H]1C. The standard InChI is InChI=1S/C13H20N2O3/c1-9-7-15(5-4-11(9)13(16)17-3)8-12-14-6-10(2)18-12/h6,9,11H,4-5,7-8H2,1-3H3/t9-,11+/m0/s1. The maximum atomic E-state index is 11.6. The third-order valence-corrected chi connectivity index (χ3v) is 3.52. The van der Waals surface area contributed by atoms with Crippen molar-refractivity contribution in [1.29, 1.82) is 0 Å². The molecule has 0 unspecified atom stereocenters. The van der Waals surface area contributed by atoms with Crippen molar-refractivity contribution in [1.82, 2.24) is 9.88 Å². The molecule has 0 N–H and O–H groups in total. The first kappa shape index (κ1) is 13.1. The van der Waals surface area contributed by atoms with E-state index in [9.17, 15) is 4.79 Å². The van der Waals surface area contributed by atoms with Crippen LogP contribution in [0.4, 0.5) is 0 Å². The molecule has 1 aliphatic rings. The number of nitrogens with zero attached hydrogens (tertiary/aromatic N) is 2. The number of likely N-dealkylation sites (tertiary alicyclic amines) is 1. The van der Waals surface area contributed by atoms with Crippen LogP contribution in [-0.2, 0) is 16.1 Å². The van der Waals surface area contributed by atoms with Gasteiger partial charge in [0, 0.05) is 6.54 Å². The summed E-state index contributed by atoms with van der Waals surface area (Å²) in [6, 6.07) is 0. The Morgan fingerprint density at radius 3 is 3.00 bits per heavy atom. The van der Waals surface area contributed by atoms with E-state index in [2.05, 4.69) is 16.8 Å². The van der Waals surface area contributed by atoms with Gasteiger partial charge in [-0.15, -0.1) is 0 Å². The summed E-state index contributed by atoms with van der Waals surface area (Å²) in [5, 5.41) is 0. The van der Waals surface area contributed by atoms with Gasteiger partial charge in [-0.3, -0.25) is 9.69 Å². The first-order valence-electron chi connectivity index (χ1n) is 6.31. The molecule has 1 saturated heterocycles. The number of hydrogen-bond donors (Lipinski definition) is 0. The van der Waals surface area contributed by atoms with Gasteiger partial charge in [0.2, 0.25) is 5.89 Å². The van der Waals surface area contributed by atoms with E-state index in [-0.39, 0.29) is 11.9 Å². The predicted molar refractivity (Wildman–Crippen MR) is 65.8 cm³/mol. The molecule has 0 aromatic carbocycles. The van der Waals surface area contributed by atoms with Gasteiger partial charge in [0.05, 0.1) is 25.8 Å². The van der Waals surface area contributed by atoms with E-state index < -0.39 is 0 Å². The van der Waals surface area contributed by atoms with Crippen LogP contribution in [0, 0.1) is 18.8 Å². The Hall–Kier alpha value is -1.36. The normalized spacial score (nSPS) is 25.1. The number of carbonyl (C=O) groups excluding carboxylic acids is 1. The van der Waals surface area contributed by atoms with Crippen LogP contribution in [0.3, 0.4) is 0 Å². The van der Waals surface area contributed by atoms with Crippen LogP contribution in [0.25, 0.3) is 0 Å². The van der Waals surface area contributed by atoms with Crippen LogP contribution in [0.2, 0.25) is 0 Å². The lowest BCUT2D eigenvalue weighted by Crippen LogP contribution is -2.42. The van der Waals surface area contributed by atoms with Crippen LogP contribution >= 0.6 is 0 Å². The van der Waals surface area contributed by atoms with Gasteiger partial charge in [-0.2, -0.15) is 0 Å². The molecular formula is C13H20N2O3. The molecule has 2 rings (SSSR count). The van der Waals surface area contributed by atoms with Crippen LogP contribution < -0.4 is 0 Å². The molecule has 100 valence electrons. The summed E-state index contributed by atoms with van der Waals surface area (Å²) in [6.45, 7) is 6.45. The second kappa shape index (κ2) is 5.52. The Kier molecular flexibility index (Phi) is 4.01. The molecule has 0 radical (unpaired) electrons. The minimum Gasteiger partial charge on any atom is -0.469 e. The lowest BCUT2D eigenvalue weighted by Gasteiger charge is -2.34. The predicted octanol–water partition coefficient (Wildman–Crippen LogP) is 1.61. The second-order valence-electron chi connectivity index (χ2n) is 5.00. The van der Waals surface area contributed by atoms with Gasteiger partial charge in [0.15, 0.2) is 0 Å². The molecule has 5 heteroatoms. The minimum absolute atomic E-state index is 0.0255. The van der Waals surface area contributed by atoms with Gasteiger partial charge in [-0.05, 0) is 25.8 Å². The summed E-state index contributed by atoms with van der Waals surface area (Å²) in [4.78, 5) is 18.1. The second-order valence-corrected chi connectivity index (χ2v) is 5.00. The van der Waals surface area contributed by atoms with E-state index in [0.717, 1.165) is 31.2 Å². The molecule has 2 atom stereocenters. The van der Waals surface area contributed by atoms with Gasteiger partial charge >= 0.3 is 5.97 Å². The van der Waals surface area contributed by atoms with E-state index in [1.54, 1.807) is 6.20 Å². The third kappa shape index (κ3) is 2.90. The van der Waals surface area contributed by atoms with Crippen molar-refractivity contribution in [2.75, 3.05) is 20.2 Å². The summed E-state index contributed by atoms with van der Waals surface area (Å²) < 4.78 is 10.3. The number of carbonyl (C=O) groups is 1. The Labute approximate surface area is 107 Å². The van der Waals surface area contributed by atoms with Gasteiger partial charge in [-0.1, -0.05) is 6.92 Å². The van der Waals surface area contributed by atoms with Crippen molar-refractivity contribution in [3.05, 3.63) is 17.8 Å². The largest absolute Gasteiger partial charge is 0.469 e. The summed E-state index contributed by atoms with van der Waals surface area (Å²) in [5.74, 6) is 1.83. The first-order chi connectivity index (χ1) is 8.60. The van der Waals surface area contributed by atoms with E-state index in [0.29, 0.717) is 12.5 Å². The van der Waals surface area contributed by atoms with Crippen molar-refractivity contribution >= 4 is 5.97 Å². The van der Waals surface area contributed by atoms with Gasteiger partial charge < -0.3 is 9.15 Å². The quantitative estimate of drug-likeness (QED) is 0.765. The van der Waals surface area contributed by atoms with Crippen molar-refractivity contribution in [3.63, 3.8) is 0 Å². The molecule has 1 aromatic heterocycles. The van der Waals surface area contributed by atoms with Crippen LogP contribution in [0.15, 0.2) is 10.6 Å². The number of aromatic nitrogens is 1. The summed E-state index contributed by atoms with van der Waals surface area (Å²) in [5.41, 5.74) is 0. The van der Waals surface area contributed by atoms with Gasteiger partial charge in [0.25, 0.3) is 0 Å². The number of methoxy groups -OCH3 is 1. The highest BCUT2D eigenvalue weighted by Gasteiger charge is 2.32. The first-order valence-corrected chi connectivity index (χ1v) is 6.31. The topological polar surface area (TPSA) is 55.6 Å². The average molecular weight is 252 g/mol. The number of rotatable bonds is 3. The molecule has 0 spiro atoms. The Morgan fingerprint density at radius 2 is 2.44 bits per heavy atom. The van der Waals surface area contributed by atoms with Crippen LogP contribution in [-0.4, -0.2) is 36.1 Å². The third-order valence-electron chi connectivity index (χ3n) is 3.52. The van der Waals surface area contributed by atoms with E-state index in [1.165, 1.54) is 7.11 Å². The zero-order chi connectivity index (χ0) is 13.1. The van der Waals surface area contributed by atoms with Crippen molar-refractivity contribution in [2.45, 2.75) is 26.8 Å². The van der Waals surface area contributed by atoms with Crippen LogP contribution in [0.5, 0.6) is 0 Å². The maximum absolute atomic E-state index is 11.6. The molecule has 1 fully saturated rings. The summed E-state index contributed by atoms with van der Waals surface area (Å²) in [7, 11) is 1.46. The van der Waals surface area contributed by atoms with Crippen molar-refractivity contribution in [2.24, 2.45) is 11.8 Å². The Balaban J connectivity index is 1.90. The molecule has 0 aliphatic carbocycles. The highest BCUT2D eigenvalue weighted by atomic mass is 16.5. The van der Waals surface area contributed by atoms with Crippen molar-refractivity contribution < 1.29 is 13.9 Å². The molecule has 2 heterocycles. The smallest absolute Gasteiger partial charge is 0.309 e. The molecular weight excluding hydrogens is 232 g/mol. The molecule has 0 bridgehead atoms. The number of oxazole rings is 1. The lowest BCUT2D eigenvalue weighted by atomic mass is 9.87. The van der Waals surface area contributed by atoms with Gasteiger partial charge in [0.1, 0.15) is 5.76 Å². The molecule has 0 saturated carbocycles. The lowest BCUT2D eigenvalue weighted by molar-refractivity contribution is -0.149. The van der Waals surface area contributed by atoms with Crippen LogP contribution in [0.1, 0.15) is 25.0 Å². The number of piperidine rings is 1. The Bertz CT molecular complexity index is 416. The van der Waals surface area contributed by atoms with E-state index >= 15 is 0 Å². The number of aryl methyl sites for hydroxylation is 1. The minimum atomic E-state index is -0.0888. The molecule has 0 amide bonds. The molecule has 5 nitrogen and oxygen atoms in total. The maximum Gasteiger partial charge on any atom is 0.309 e. The fraction of sp³-hybridized carbons (Fsp3) is 0.692. The molecule has 1 aliphatic heterocycles. The van der Waals surface area contributed by atoms with E-state index in [1.807, 2.05) is 6.92 Å². The van der Waals surface area contributed by atoms with E-state index in [4.69, 9.17) is 9.15 Å². The zero-order valence-corrected chi connectivity index (χ0v) is 11.2.